The molecule has 0 atom stereocenters. The second kappa shape index (κ2) is 6.48. The van der Waals surface area contributed by atoms with E-state index in [2.05, 4.69) is 15.0 Å². The van der Waals surface area contributed by atoms with Crippen LogP contribution in [-0.4, -0.2) is 28.2 Å². The number of nitrogens with two attached hydrogens (primary N) is 1. The third kappa shape index (κ3) is 3.15. The zero-order valence-corrected chi connectivity index (χ0v) is 13.1. The maximum Gasteiger partial charge on any atom is 0.245 e. The molecule has 0 unspecified atom stereocenters. The molecule has 0 radical (unpaired) electrons. The van der Waals surface area contributed by atoms with Crippen molar-refractivity contribution in [2.45, 2.75) is 13.8 Å². The summed E-state index contributed by atoms with van der Waals surface area (Å²) >= 11 is 0. The SMILES string of the molecule is CCOc1cccc(-c2ccc3nc(N)nc(OCC)c3n2)c1. The quantitative estimate of drug-likeness (QED) is 0.779. The number of hydrogen-bond acceptors (Lipinski definition) is 6. The smallest absolute Gasteiger partial charge is 0.245 e. The first kappa shape index (κ1) is 15.0. The number of pyridine rings is 1. The highest BCUT2D eigenvalue weighted by molar-refractivity contribution is 5.83. The predicted molar refractivity (Wildman–Crippen MR) is 89.5 cm³/mol. The van der Waals surface area contributed by atoms with E-state index in [1.54, 1.807) is 0 Å². The van der Waals surface area contributed by atoms with Gasteiger partial charge in [-0.05, 0) is 38.1 Å². The van der Waals surface area contributed by atoms with Gasteiger partial charge in [-0.15, -0.1) is 0 Å². The van der Waals surface area contributed by atoms with Gasteiger partial charge in [0.1, 0.15) is 5.75 Å². The summed E-state index contributed by atoms with van der Waals surface area (Å²) in [6.07, 6.45) is 0. The Bertz CT molecular complexity index is 836. The van der Waals surface area contributed by atoms with Crippen molar-refractivity contribution in [3.05, 3.63) is 36.4 Å². The second-order valence-electron chi connectivity index (χ2n) is 4.85. The van der Waals surface area contributed by atoms with E-state index in [0.29, 0.717) is 30.1 Å². The Balaban J connectivity index is 2.10. The lowest BCUT2D eigenvalue weighted by atomic mass is 10.1. The zero-order valence-electron chi connectivity index (χ0n) is 13.1. The van der Waals surface area contributed by atoms with Crippen LogP contribution in [0.15, 0.2) is 36.4 Å². The van der Waals surface area contributed by atoms with Gasteiger partial charge >= 0.3 is 0 Å². The van der Waals surface area contributed by atoms with Gasteiger partial charge in [0.2, 0.25) is 11.8 Å². The van der Waals surface area contributed by atoms with E-state index < -0.39 is 0 Å². The fraction of sp³-hybridized carbons (Fsp3) is 0.235. The van der Waals surface area contributed by atoms with E-state index in [1.807, 2.05) is 50.2 Å². The molecule has 1 aromatic carbocycles. The summed E-state index contributed by atoms with van der Waals surface area (Å²) in [4.78, 5) is 13.0. The van der Waals surface area contributed by atoms with Crippen molar-refractivity contribution in [3.8, 4) is 22.9 Å². The summed E-state index contributed by atoms with van der Waals surface area (Å²) in [5.41, 5.74) is 8.72. The van der Waals surface area contributed by atoms with Crippen molar-refractivity contribution in [2.75, 3.05) is 18.9 Å². The Morgan fingerprint density at radius 2 is 1.78 bits per heavy atom. The monoisotopic (exact) mass is 310 g/mol. The molecule has 0 spiro atoms. The van der Waals surface area contributed by atoms with Crippen LogP contribution in [0, 0.1) is 0 Å². The summed E-state index contributed by atoms with van der Waals surface area (Å²) in [7, 11) is 0. The Kier molecular flexibility index (Phi) is 4.23. The number of rotatable bonds is 5. The lowest BCUT2D eigenvalue weighted by Crippen LogP contribution is -2.03. The fourth-order valence-corrected chi connectivity index (χ4v) is 2.31. The topological polar surface area (TPSA) is 83.2 Å². The number of benzene rings is 1. The van der Waals surface area contributed by atoms with Gasteiger partial charge in [0.15, 0.2) is 5.52 Å². The predicted octanol–water partition coefficient (Wildman–Crippen LogP) is 3.07. The Labute approximate surface area is 134 Å². The van der Waals surface area contributed by atoms with E-state index in [0.717, 1.165) is 17.0 Å². The average molecular weight is 310 g/mol. The summed E-state index contributed by atoms with van der Waals surface area (Å²) in [5, 5.41) is 0. The molecule has 0 aliphatic rings. The van der Waals surface area contributed by atoms with E-state index in [-0.39, 0.29) is 5.95 Å². The standard InChI is InChI=1S/C17H18N4O2/c1-3-22-12-7-5-6-11(10-12)13-8-9-14-15(19-13)16(23-4-2)21-17(18)20-14/h5-10H,3-4H2,1-2H3,(H2,18,20,21). The maximum absolute atomic E-state index is 5.71. The molecule has 2 aromatic heterocycles. The number of fused-ring (bicyclic) bond motifs is 1. The molecule has 3 rings (SSSR count). The zero-order chi connectivity index (χ0) is 16.2. The normalized spacial score (nSPS) is 10.7. The molecule has 6 nitrogen and oxygen atoms in total. The third-order valence-electron chi connectivity index (χ3n) is 3.25. The maximum atomic E-state index is 5.71. The molecule has 2 N–H and O–H groups in total. The highest BCUT2D eigenvalue weighted by Gasteiger charge is 2.11. The van der Waals surface area contributed by atoms with E-state index >= 15 is 0 Å². The Morgan fingerprint density at radius 3 is 2.57 bits per heavy atom. The highest BCUT2D eigenvalue weighted by atomic mass is 16.5. The van der Waals surface area contributed by atoms with Crippen molar-refractivity contribution in [1.29, 1.82) is 0 Å². The summed E-state index contributed by atoms with van der Waals surface area (Å²) in [6.45, 7) is 4.95. The van der Waals surface area contributed by atoms with Crippen molar-refractivity contribution < 1.29 is 9.47 Å². The van der Waals surface area contributed by atoms with Crippen LogP contribution in [0.2, 0.25) is 0 Å². The van der Waals surface area contributed by atoms with Gasteiger partial charge < -0.3 is 15.2 Å². The first-order chi connectivity index (χ1) is 11.2. The molecule has 0 bridgehead atoms. The molecular weight excluding hydrogens is 292 g/mol. The molecule has 23 heavy (non-hydrogen) atoms. The minimum absolute atomic E-state index is 0.175. The van der Waals surface area contributed by atoms with Gasteiger partial charge in [-0.1, -0.05) is 12.1 Å². The minimum atomic E-state index is 0.175. The van der Waals surface area contributed by atoms with Crippen LogP contribution in [0.25, 0.3) is 22.3 Å². The molecule has 0 saturated heterocycles. The molecule has 0 aliphatic carbocycles. The number of ether oxygens (including phenoxy) is 2. The van der Waals surface area contributed by atoms with Crippen molar-refractivity contribution in [2.24, 2.45) is 0 Å². The van der Waals surface area contributed by atoms with E-state index in [4.69, 9.17) is 15.2 Å². The van der Waals surface area contributed by atoms with Crippen molar-refractivity contribution in [3.63, 3.8) is 0 Å². The van der Waals surface area contributed by atoms with Gasteiger partial charge in [0.05, 0.1) is 24.4 Å². The van der Waals surface area contributed by atoms with E-state index in [1.165, 1.54) is 0 Å². The van der Waals surface area contributed by atoms with E-state index in [9.17, 15) is 0 Å². The molecule has 0 saturated carbocycles. The first-order valence-corrected chi connectivity index (χ1v) is 7.51. The van der Waals surface area contributed by atoms with Crippen LogP contribution in [0.5, 0.6) is 11.6 Å². The molecular formula is C17H18N4O2. The molecule has 6 heteroatoms. The Morgan fingerprint density at radius 1 is 0.957 bits per heavy atom. The average Bonchev–Trinajstić information content (AvgIpc) is 2.55. The van der Waals surface area contributed by atoms with Crippen LogP contribution in [0.3, 0.4) is 0 Å². The summed E-state index contributed by atoms with van der Waals surface area (Å²) in [5.74, 6) is 1.39. The minimum Gasteiger partial charge on any atom is -0.494 e. The second-order valence-corrected chi connectivity index (χ2v) is 4.85. The molecule has 3 aromatic rings. The van der Waals surface area contributed by atoms with Gasteiger partial charge in [0, 0.05) is 5.56 Å². The number of anilines is 1. The number of hydrogen-bond donors (Lipinski definition) is 1. The van der Waals surface area contributed by atoms with Crippen molar-refractivity contribution in [1.82, 2.24) is 15.0 Å². The first-order valence-electron chi connectivity index (χ1n) is 7.51. The summed E-state index contributed by atoms with van der Waals surface area (Å²) < 4.78 is 11.1. The van der Waals surface area contributed by atoms with Crippen LogP contribution in [-0.2, 0) is 0 Å². The van der Waals surface area contributed by atoms with Crippen LogP contribution < -0.4 is 15.2 Å². The largest absolute Gasteiger partial charge is 0.494 e. The molecule has 0 aliphatic heterocycles. The van der Waals surface area contributed by atoms with Gasteiger partial charge in [-0.2, -0.15) is 4.98 Å². The Hall–Kier alpha value is -2.89. The van der Waals surface area contributed by atoms with Crippen LogP contribution >= 0.6 is 0 Å². The lowest BCUT2D eigenvalue weighted by molar-refractivity contribution is 0.330. The van der Waals surface area contributed by atoms with Gasteiger partial charge in [0.25, 0.3) is 0 Å². The lowest BCUT2D eigenvalue weighted by Gasteiger charge is -2.09. The number of nitrogens with zero attached hydrogens (tertiary/aromatic N) is 3. The molecule has 0 amide bonds. The molecule has 118 valence electrons. The van der Waals surface area contributed by atoms with Crippen LogP contribution in [0.1, 0.15) is 13.8 Å². The summed E-state index contributed by atoms with van der Waals surface area (Å²) in [6, 6.07) is 11.6. The van der Waals surface area contributed by atoms with Gasteiger partial charge in [-0.25, -0.2) is 9.97 Å². The third-order valence-corrected chi connectivity index (χ3v) is 3.25. The molecule has 0 fully saturated rings. The fourth-order valence-electron chi connectivity index (χ4n) is 2.31. The van der Waals surface area contributed by atoms with Crippen molar-refractivity contribution >= 4 is 17.0 Å². The van der Waals surface area contributed by atoms with Gasteiger partial charge in [-0.3, -0.25) is 0 Å². The highest BCUT2D eigenvalue weighted by Crippen LogP contribution is 2.27. The number of aromatic nitrogens is 3. The molecule has 2 heterocycles. The van der Waals surface area contributed by atoms with Crippen LogP contribution in [0.4, 0.5) is 5.95 Å². The number of nitrogen functional groups attached to an aromatic ring is 1.